The fourth-order valence-corrected chi connectivity index (χ4v) is 3.23. The Labute approximate surface area is 169 Å². The van der Waals surface area contributed by atoms with E-state index in [2.05, 4.69) is 70.5 Å². The number of nitrogens with zero attached hydrogens (tertiary/aromatic N) is 2. The lowest BCUT2D eigenvalue weighted by atomic mass is 9.74. The van der Waals surface area contributed by atoms with Crippen molar-refractivity contribution in [3.63, 3.8) is 0 Å². The fourth-order valence-electron chi connectivity index (χ4n) is 3.23. The van der Waals surface area contributed by atoms with Gasteiger partial charge >= 0.3 is 5.97 Å². The van der Waals surface area contributed by atoms with Crippen molar-refractivity contribution in [1.29, 1.82) is 0 Å². The van der Waals surface area contributed by atoms with Crippen LogP contribution in [-0.4, -0.2) is 41.3 Å². The first-order valence-corrected chi connectivity index (χ1v) is 9.48. The summed E-state index contributed by atoms with van der Waals surface area (Å²) in [5.74, 6) is -0.327. The van der Waals surface area contributed by atoms with Crippen LogP contribution in [0.1, 0.15) is 30.9 Å². The van der Waals surface area contributed by atoms with Crippen LogP contribution < -0.4 is 9.80 Å². The van der Waals surface area contributed by atoms with Crippen molar-refractivity contribution in [2.75, 3.05) is 45.1 Å². The Kier molecular flexibility index (Phi) is 6.90. The number of carbonyl (C=O) groups excluding carboxylic acids is 1. The SMILES string of the molecule is COC(=O)C(C)(C)C(/C=C/c1ccc(N(C)C)cc1)c1ccc(N(C)C)cc1. The molecule has 0 heterocycles. The molecule has 0 N–H and O–H groups in total. The lowest BCUT2D eigenvalue weighted by Crippen LogP contribution is -2.31. The highest BCUT2D eigenvalue weighted by molar-refractivity contribution is 5.78. The summed E-state index contributed by atoms with van der Waals surface area (Å²) in [5, 5.41) is 0. The van der Waals surface area contributed by atoms with Gasteiger partial charge in [-0.25, -0.2) is 0 Å². The van der Waals surface area contributed by atoms with Crippen LogP contribution in [0.4, 0.5) is 11.4 Å². The quantitative estimate of drug-likeness (QED) is 0.645. The Hall–Kier alpha value is -2.75. The topological polar surface area (TPSA) is 32.8 Å². The molecule has 150 valence electrons. The van der Waals surface area contributed by atoms with E-state index in [1.54, 1.807) is 0 Å². The highest BCUT2D eigenvalue weighted by Crippen LogP contribution is 2.39. The van der Waals surface area contributed by atoms with Gasteiger partial charge in [-0.1, -0.05) is 36.4 Å². The third-order valence-corrected chi connectivity index (χ3v) is 5.15. The summed E-state index contributed by atoms with van der Waals surface area (Å²) in [6.07, 6.45) is 4.18. The van der Waals surface area contributed by atoms with Crippen molar-refractivity contribution in [2.24, 2.45) is 5.41 Å². The van der Waals surface area contributed by atoms with E-state index in [0.29, 0.717) is 0 Å². The molecule has 0 aliphatic heterocycles. The number of hydrogen-bond acceptors (Lipinski definition) is 4. The van der Waals surface area contributed by atoms with Gasteiger partial charge < -0.3 is 14.5 Å². The first-order chi connectivity index (χ1) is 13.2. The minimum atomic E-state index is -0.686. The number of esters is 1. The molecular formula is C24H32N2O2. The van der Waals surface area contributed by atoms with Crippen molar-refractivity contribution in [2.45, 2.75) is 19.8 Å². The van der Waals surface area contributed by atoms with Gasteiger partial charge in [-0.2, -0.15) is 0 Å². The second-order valence-corrected chi connectivity index (χ2v) is 8.02. The Bertz CT molecular complexity index is 804. The molecule has 0 saturated carbocycles. The fraction of sp³-hybridized carbons (Fsp3) is 0.375. The number of methoxy groups -OCH3 is 1. The molecule has 1 unspecified atom stereocenters. The molecular weight excluding hydrogens is 348 g/mol. The molecule has 0 amide bonds. The van der Waals surface area contributed by atoms with E-state index in [9.17, 15) is 4.79 Å². The van der Waals surface area contributed by atoms with Crippen LogP contribution in [0.2, 0.25) is 0 Å². The van der Waals surface area contributed by atoms with Crippen LogP contribution in [0.5, 0.6) is 0 Å². The van der Waals surface area contributed by atoms with E-state index >= 15 is 0 Å². The lowest BCUT2D eigenvalue weighted by Gasteiger charge is -2.30. The van der Waals surface area contributed by atoms with E-state index in [4.69, 9.17) is 4.74 Å². The normalized spacial score (nSPS) is 12.7. The molecule has 4 nitrogen and oxygen atoms in total. The molecule has 0 saturated heterocycles. The van der Waals surface area contributed by atoms with Gasteiger partial charge in [-0.05, 0) is 49.2 Å². The minimum Gasteiger partial charge on any atom is -0.469 e. The van der Waals surface area contributed by atoms with Crippen molar-refractivity contribution in [1.82, 2.24) is 0 Å². The number of carbonyl (C=O) groups is 1. The molecule has 0 aromatic heterocycles. The van der Waals surface area contributed by atoms with Crippen molar-refractivity contribution >= 4 is 23.4 Å². The molecule has 0 aliphatic carbocycles. The molecule has 2 aromatic rings. The zero-order valence-electron chi connectivity index (χ0n) is 18.1. The molecule has 0 aliphatic rings. The predicted molar refractivity (Wildman–Crippen MR) is 119 cm³/mol. The Balaban J connectivity index is 2.39. The van der Waals surface area contributed by atoms with Gasteiger partial charge in [0.1, 0.15) is 0 Å². The molecule has 2 aromatic carbocycles. The summed E-state index contributed by atoms with van der Waals surface area (Å²) < 4.78 is 5.09. The number of ether oxygens (including phenoxy) is 1. The highest BCUT2D eigenvalue weighted by Gasteiger charge is 2.37. The first-order valence-electron chi connectivity index (χ1n) is 9.48. The lowest BCUT2D eigenvalue weighted by molar-refractivity contribution is -0.151. The zero-order chi connectivity index (χ0) is 20.9. The predicted octanol–water partition coefficient (Wildman–Crippen LogP) is 4.81. The molecule has 0 spiro atoms. The van der Waals surface area contributed by atoms with Crippen LogP contribution in [0, 0.1) is 5.41 Å². The Morgan fingerprint density at radius 1 is 0.893 bits per heavy atom. The highest BCUT2D eigenvalue weighted by atomic mass is 16.5. The van der Waals surface area contributed by atoms with Gasteiger partial charge in [0.15, 0.2) is 0 Å². The first kappa shape index (κ1) is 21.5. The molecule has 0 radical (unpaired) electrons. The standard InChI is InChI=1S/C24H32N2O2/c1-24(2,23(27)28-7)22(19-11-15-21(16-12-19)26(5)6)17-10-18-8-13-20(14-9-18)25(3)4/h8-17,22H,1-7H3/b17-10+. The summed E-state index contributed by atoms with van der Waals surface area (Å²) in [4.78, 5) is 16.6. The third-order valence-electron chi connectivity index (χ3n) is 5.15. The van der Waals surface area contributed by atoms with E-state index in [1.807, 2.05) is 42.0 Å². The van der Waals surface area contributed by atoms with Crippen molar-refractivity contribution in [3.05, 3.63) is 65.7 Å². The minimum absolute atomic E-state index is 0.107. The van der Waals surface area contributed by atoms with Gasteiger partial charge in [0.2, 0.25) is 0 Å². The summed E-state index contributed by atoms with van der Waals surface area (Å²) >= 11 is 0. The van der Waals surface area contributed by atoms with Crippen LogP contribution >= 0.6 is 0 Å². The molecule has 0 bridgehead atoms. The van der Waals surface area contributed by atoms with Crippen LogP contribution in [-0.2, 0) is 9.53 Å². The second kappa shape index (κ2) is 8.96. The van der Waals surface area contributed by atoms with Crippen molar-refractivity contribution < 1.29 is 9.53 Å². The summed E-state index contributed by atoms with van der Waals surface area (Å²) in [7, 11) is 9.53. The van der Waals surface area contributed by atoms with Gasteiger partial charge in [0.25, 0.3) is 0 Å². The maximum absolute atomic E-state index is 12.5. The molecule has 1 atom stereocenters. The van der Waals surface area contributed by atoms with E-state index in [-0.39, 0.29) is 11.9 Å². The second-order valence-electron chi connectivity index (χ2n) is 8.02. The molecule has 2 rings (SSSR count). The summed E-state index contributed by atoms with van der Waals surface area (Å²) in [5.41, 5.74) is 3.78. The van der Waals surface area contributed by atoms with Crippen LogP contribution in [0.3, 0.4) is 0 Å². The third kappa shape index (κ3) is 4.94. The Morgan fingerprint density at radius 3 is 1.79 bits per heavy atom. The smallest absolute Gasteiger partial charge is 0.312 e. The number of rotatable bonds is 7. The Morgan fingerprint density at radius 2 is 1.36 bits per heavy atom. The molecule has 4 heteroatoms. The number of benzene rings is 2. The monoisotopic (exact) mass is 380 g/mol. The van der Waals surface area contributed by atoms with E-state index in [1.165, 1.54) is 7.11 Å². The van der Waals surface area contributed by atoms with Crippen molar-refractivity contribution in [3.8, 4) is 0 Å². The maximum atomic E-state index is 12.5. The number of allylic oxidation sites excluding steroid dienone is 1. The molecule has 28 heavy (non-hydrogen) atoms. The average molecular weight is 381 g/mol. The van der Waals surface area contributed by atoms with E-state index in [0.717, 1.165) is 22.5 Å². The van der Waals surface area contributed by atoms with Crippen LogP contribution in [0.15, 0.2) is 54.6 Å². The largest absolute Gasteiger partial charge is 0.469 e. The van der Waals surface area contributed by atoms with Gasteiger partial charge in [-0.15, -0.1) is 0 Å². The number of hydrogen-bond donors (Lipinski definition) is 0. The average Bonchev–Trinajstić information content (AvgIpc) is 2.68. The maximum Gasteiger partial charge on any atom is 0.312 e. The van der Waals surface area contributed by atoms with Gasteiger partial charge in [0.05, 0.1) is 12.5 Å². The summed E-state index contributed by atoms with van der Waals surface area (Å²) in [6.45, 7) is 3.87. The zero-order valence-corrected chi connectivity index (χ0v) is 18.1. The molecule has 0 fully saturated rings. The van der Waals surface area contributed by atoms with E-state index < -0.39 is 5.41 Å². The van der Waals surface area contributed by atoms with Crippen LogP contribution in [0.25, 0.3) is 6.08 Å². The van der Waals surface area contributed by atoms with Gasteiger partial charge in [-0.3, -0.25) is 4.79 Å². The van der Waals surface area contributed by atoms with Gasteiger partial charge in [0, 0.05) is 45.5 Å². The number of anilines is 2. The summed E-state index contributed by atoms with van der Waals surface area (Å²) in [6, 6.07) is 16.7.